The number of aromatic nitrogens is 2. The summed E-state index contributed by atoms with van der Waals surface area (Å²) in [6, 6.07) is 9.27. The van der Waals surface area contributed by atoms with Gasteiger partial charge >= 0.3 is 5.69 Å². The molecule has 0 unspecified atom stereocenters. The lowest BCUT2D eigenvalue weighted by molar-refractivity contribution is -0.116. The number of ether oxygens (including phenoxy) is 3. The van der Waals surface area contributed by atoms with E-state index >= 15 is 0 Å². The van der Waals surface area contributed by atoms with Crippen LogP contribution < -0.4 is 30.8 Å². The predicted octanol–water partition coefficient (Wildman–Crippen LogP) is 3.19. The maximum atomic E-state index is 13.7. The second-order valence-electron chi connectivity index (χ2n) is 8.69. The third-order valence-corrected chi connectivity index (χ3v) is 6.70. The number of aromatic amines is 2. The monoisotopic (exact) mass is 493 g/mol. The van der Waals surface area contributed by atoms with Gasteiger partial charge in [-0.05, 0) is 47.7 Å². The Morgan fingerprint density at radius 1 is 0.861 bits per heavy atom. The molecule has 1 aliphatic heterocycles. The van der Waals surface area contributed by atoms with E-state index in [1.165, 1.54) is 33.5 Å². The Hall–Kier alpha value is -4.34. The molecule has 0 saturated heterocycles. The number of carbonyl (C=O) groups is 1. The molecule has 2 atom stereocenters. The summed E-state index contributed by atoms with van der Waals surface area (Å²) >= 11 is 0. The van der Waals surface area contributed by atoms with E-state index in [1.54, 1.807) is 12.1 Å². The van der Waals surface area contributed by atoms with Crippen molar-refractivity contribution in [3.05, 3.63) is 91.0 Å². The van der Waals surface area contributed by atoms with Crippen molar-refractivity contribution < 1.29 is 23.4 Å². The van der Waals surface area contributed by atoms with Gasteiger partial charge < -0.3 is 19.5 Å². The van der Waals surface area contributed by atoms with Crippen LogP contribution in [0.15, 0.2) is 57.3 Å². The first kappa shape index (κ1) is 23.4. The summed E-state index contributed by atoms with van der Waals surface area (Å²) in [6.07, 6.45) is 0.596. The molecule has 2 aromatic carbocycles. The summed E-state index contributed by atoms with van der Waals surface area (Å²) in [5, 5.41) is 3.12. The number of fused-ring (bicyclic) bond motifs is 1. The molecule has 9 nitrogen and oxygen atoms in total. The van der Waals surface area contributed by atoms with E-state index in [0.29, 0.717) is 40.5 Å². The Balaban J connectivity index is 1.64. The van der Waals surface area contributed by atoms with E-state index < -0.39 is 23.0 Å². The zero-order valence-corrected chi connectivity index (χ0v) is 19.9. The molecular formula is C26H24FN3O6. The number of hydrogen-bond acceptors (Lipinski definition) is 7. The molecule has 0 bridgehead atoms. The number of nitrogens with one attached hydrogen (secondary N) is 3. The summed E-state index contributed by atoms with van der Waals surface area (Å²) in [5.74, 6) is 0.0245. The maximum Gasteiger partial charge on any atom is 0.327 e. The van der Waals surface area contributed by atoms with Gasteiger partial charge in [0.05, 0.1) is 26.9 Å². The fraction of sp³-hybridized carbons (Fsp3) is 0.269. The molecule has 1 aromatic heterocycles. The highest BCUT2D eigenvalue weighted by molar-refractivity contribution is 6.01. The van der Waals surface area contributed by atoms with Gasteiger partial charge in [-0.15, -0.1) is 0 Å². The minimum Gasteiger partial charge on any atom is -0.493 e. The molecule has 0 radical (unpaired) electrons. The second kappa shape index (κ2) is 9.03. The van der Waals surface area contributed by atoms with Crippen LogP contribution in [0.4, 0.5) is 10.2 Å². The molecule has 186 valence electrons. The lowest BCUT2D eigenvalue weighted by atomic mass is 9.72. The van der Waals surface area contributed by atoms with Crippen LogP contribution in [0.5, 0.6) is 17.2 Å². The fourth-order valence-corrected chi connectivity index (χ4v) is 5.11. The largest absolute Gasteiger partial charge is 0.493 e. The summed E-state index contributed by atoms with van der Waals surface area (Å²) < 4.78 is 30.0. The number of allylic oxidation sites excluding steroid dienone is 2. The molecule has 0 saturated carbocycles. The topological polar surface area (TPSA) is 123 Å². The molecule has 0 spiro atoms. The van der Waals surface area contributed by atoms with E-state index in [0.717, 1.165) is 5.56 Å². The van der Waals surface area contributed by atoms with Crippen molar-refractivity contribution in [3.63, 3.8) is 0 Å². The Bertz CT molecular complexity index is 1480. The van der Waals surface area contributed by atoms with Crippen LogP contribution in [-0.4, -0.2) is 37.1 Å². The number of Topliss-reactive ketones (excluding diaryl/α,β-unsaturated/α-hetero) is 1. The number of rotatable bonds is 5. The summed E-state index contributed by atoms with van der Waals surface area (Å²) in [7, 11) is 4.56. The lowest BCUT2D eigenvalue weighted by Crippen LogP contribution is -2.37. The lowest BCUT2D eigenvalue weighted by Gasteiger charge is -2.35. The molecule has 5 rings (SSSR count). The number of halogens is 1. The zero-order valence-electron chi connectivity index (χ0n) is 19.9. The van der Waals surface area contributed by atoms with Crippen LogP contribution in [0.3, 0.4) is 0 Å². The van der Waals surface area contributed by atoms with Gasteiger partial charge in [-0.1, -0.05) is 12.1 Å². The smallest absolute Gasteiger partial charge is 0.327 e. The van der Waals surface area contributed by atoms with Gasteiger partial charge in [0.25, 0.3) is 5.56 Å². The summed E-state index contributed by atoms with van der Waals surface area (Å²) in [4.78, 5) is 43.4. The van der Waals surface area contributed by atoms with Crippen LogP contribution in [-0.2, 0) is 4.79 Å². The van der Waals surface area contributed by atoms with Gasteiger partial charge in [0.1, 0.15) is 11.6 Å². The van der Waals surface area contributed by atoms with Crippen LogP contribution in [0.1, 0.15) is 41.4 Å². The van der Waals surface area contributed by atoms with E-state index in [4.69, 9.17) is 14.2 Å². The van der Waals surface area contributed by atoms with E-state index in [9.17, 15) is 18.8 Å². The van der Waals surface area contributed by atoms with Gasteiger partial charge in [-0.25, -0.2) is 9.18 Å². The molecule has 1 aliphatic carbocycles. The van der Waals surface area contributed by atoms with Crippen molar-refractivity contribution in [2.45, 2.75) is 24.7 Å². The summed E-state index contributed by atoms with van der Waals surface area (Å²) in [6.45, 7) is 0. The van der Waals surface area contributed by atoms with Gasteiger partial charge in [-0.2, -0.15) is 0 Å². The molecule has 0 fully saturated rings. The Labute approximate surface area is 204 Å². The van der Waals surface area contributed by atoms with Crippen LogP contribution in [0.25, 0.3) is 0 Å². The highest BCUT2D eigenvalue weighted by Gasteiger charge is 2.40. The standard InChI is InChI=1S/C26H24FN3O6/c1-34-18-10-14(11-19(35-2)23(18)36-3)13-8-16-21(17(31)9-13)20(12-4-6-15(27)7-5-12)22-24(28-16)29-26(33)30-25(22)32/h4-7,10-11,13,20H,8-9H2,1-3H3,(H3,28,29,30,32,33)/t13-,20+/m1/s1. The molecule has 36 heavy (non-hydrogen) atoms. The number of ketones is 1. The van der Waals surface area contributed by atoms with Crippen molar-refractivity contribution >= 4 is 11.6 Å². The van der Waals surface area contributed by atoms with Gasteiger partial charge in [0.15, 0.2) is 17.3 Å². The number of methoxy groups -OCH3 is 3. The average Bonchev–Trinajstić information content (AvgIpc) is 2.86. The highest BCUT2D eigenvalue weighted by atomic mass is 19.1. The van der Waals surface area contributed by atoms with E-state index in [2.05, 4.69) is 15.3 Å². The quantitative estimate of drug-likeness (QED) is 0.499. The molecule has 3 aromatic rings. The number of carbonyl (C=O) groups excluding carboxylic acids is 1. The van der Waals surface area contributed by atoms with Crippen molar-refractivity contribution in [1.82, 2.24) is 9.97 Å². The third-order valence-electron chi connectivity index (χ3n) is 6.70. The van der Waals surface area contributed by atoms with Crippen LogP contribution in [0.2, 0.25) is 0 Å². The van der Waals surface area contributed by atoms with Crippen molar-refractivity contribution in [2.75, 3.05) is 26.6 Å². The first-order valence-corrected chi connectivity index (χ1v) is 11.3. The maximum absolute atomic E-state index is 13.7. The van der Waals surface area contributed by atoms with Crippen LogP contribution >= 0.6 is 0 Å². The number of benzene rings is 2. The number of H-pyrrole nitrogens is 2. The number of hydrogen-bond donors (Lipinski definition) is 3. The SMILES string of the molecule is COc1cc([C@H]2CC(=O)C3=C(C2)Nc2[nH]c(=O)[nH]c(=O)c2[C@H]3c2ccc(F)cc2)cc(OC)c1OC. The minimum atomic E-state index is -0.758. The zero-order chi connectivity index (χ0) is 25.6. The second-order valence-corrected chi connectivity index (χ2v) is 8.69. The Morgan fingerprint density at radius 2 is 1.53 bits per heavy atom. The molecule has 2 heterocycles. The normalized spacial score (nSPS) is 18.7. The molecule has 3 N–H and O–H groups in total. The Kier molecular flexibility index (Phi) is 5.87. The highest BCUT2D eigenvalue weighted by Crippen LogP contribution is 2.48. The van der Waals surface area contributed by atoms with Crippen molar-refractivity contribution in [1.29, 1.82) is 0 Å². The van der Waals surface area contributed by atoms with E-state index in [1.807, 2.05) is 12.1 Å². The molecular weight excluding hydrogens is 469 g/mol. The molecule has 2 aliphatic rings. The number of anilines is 1. The predicted molar refractivity (Wildman–Crippen MR) is 130 cm³/mol. The molecule has 0 amide bonds. The van der Waals surface area contributed by atoms with Gasteiger partial charge in [0, 0.05) is 23.6 Å². The van der Waals surface area contributed by atoms with Crippen LogP contribution in [0, 0.1) is 5.82 Å². The summed E-state index contributed by atoms with van der Waals surface area (Å²) in [5.41, 5.74) is 1.33. The third kappa shape index (κ3) is 3.84. The Morgan fingerprint density at radius 3 is 2.14 bits per heavy atom. The van der Waals surface area contributed by atoms with E-state index in [-0.39, 0.29) is 29.5 Å². The van der Waals surface area contributed by atoms with Crippen molar-refractivity contribution in [2.24, 2.45) is 0 Å². The minimum absolute atomic E-state index is 0.159. The van der Waals surface area contributed by atoms with Gasteiger partial charge in [0.2, 0.25) is 5.75 Å². The fourth-order valence-electron chi connectivity index (χ4n) is 5.11. The first-order chi connectivity index (χ1) is 17.3. The van der Waals surface area contributed by atoms with Gasteiger partial charge in [-0.3, -0.25) is 19.6 Å². The average molecular weight is 493 g/mol. The molecule has 10 heteroatoms. The first-order valence-electron chi connectivity index (χ1n) is 11.3. The van der Waals surface area contributed by atoms with Crippen molar-refractivity contribution in [3.8, 4) is 17.2 Å².